The van der Waals surface area contributed by atoms with Crippen molar-refractivity contribution in [2.24, 2.45) is 0 Å². The van der Waals surface area contributed by atoms with E-state index in [1.54, 1.807) is 11.1 Å². The van der Waals surface area contributed by atoms with Crippen LogP contribution < -0.4 is 5.32 Å². The Morgan fingerprint density at radius 3 is 2.48 bits per heavy atom. The topological polar surface area (TPSA) is 12.0 Å². The number of hydrogen-bond acceptors (Lipinski definition) is 2. The van der Waals surface area contributed by atoms with Crippen LogP contribution in [0.25, 0.3) is 0 Å². The van der Waals surface area contributed by atoms with E-state index in [0.29, 0.717) is 6.04 Å². The summed E-state index contributed by atoms with van der Waals surface area (Å²) in [5, 5.41) is 4.78. The highest BCUT2D eigenvalue weighted by Gasteiger charge is 2.22. The summed E-state index contributed by atoms with van der Waals surface area (Å²) in [7, 11) is 0. The van der Waals surface area contributed by atoms with Gasteiger partial charge >= 0.3 is 0 Å². The third-order valence-corrected chi connectivity index (χ3v) is 6.50. The van der Waals surface area contributed by atoms with E-state index >= 15 is 0 Å². The minimum absolute atomic E-state index is 0.494. The zero-order valence-corrected chi connectivity index (χ0v) is 14.3. The van der Waals surface area contributed by atoms with E-state index in [0.717, 1.165) is 11.3 Å². The van der Waals surface area contributed by atoms with Gasteiger partial charge in [0, 0.05) is 17.3 Å². The van der Waals surface area contributed by atoms with E-state index in [1.807, 2.05) is 0 Å². The second kappa shape index (κ2) is 7.19. The zero-order chi connectivity index (χ0) is 14.7. The van der Waals surface area contributed by atoms with Crippen molar-refractivity contribution in [2.75, 3.05) is 6.26 Å². The van der Waals surface area contributed by atoms with Crippen molar-refractivity contribution in [3.63, 3.8) is 0 Å². The Hall–Kier alpha value is -0.470. The number of hydrogen-bond donors (Lipinski definition) is 1. The Morgan fingerprint density at radius 1 is 1.05 bits per heavy atom. The molecule has 0 amide bonds. The molecule has 3 rings (SSSR count). The van der Waals surface area contributed by atoms with Crippen molar-refractivity contribution in [3.05, 3.63) is 34.9 Å². The normalized spacial score (nSPS) is 27.1. The molecule has 1 nitrogen and oxygen atoms in total. The van der Waals surface area contributed by atoms with Gasteiger partial charge in [0.25, 0.3) is 0 Å². The Bertz CT molecular complexity index is 463. The molecule has 2 aliphatic carbocycles. The summed E-state index contributed by atoms with van der Waals surface area (Å²) in [5.74, 6) is 0. The number of thioether (sulfide) groups is 1. The predicted molar refractivity (Wildman–Crippen MR) is 94.2 cm³/mol. The molecule has 0 aliphatic heterocycles. The first-order valence-corrected chi connectivity index (χ1v) is 9.95. The maximum atomic E-state index is 3.88. The summed E-state index contributed by atoms with van der Waals surface area (Å²) >= 11 is 2.05. The van der Waals surface area contributed by atoms with Crippen molar-refractivity contribution < 1.29 is 0 Å². The molecule has 0 aromatic heterocycles. The van der Waals surface area contributed by atoms with Gasteiger partial charge in [0.05, 0.1) is 0 Å². The first kappa shape index (κ1) is 15.4. The number of fused-ring (bicyclic) bond motifs is 1. The van der Waals surface area contributed by atoms with Gasteiger partial charge in [-0.2, -0.15) is 11.8 Å². The van der Waals surface area contributed by atoms with Crippen molar-refractivity contribution >= 4 is 11.8 Å². The molecular formula is C19H29NS. The summed E-state index contributed by atoms with van der Waals surface area (Å²) in [6.07, 6.45) is 13.0. The predicted octanol–water partition coefficient (Wildman–Crippen LogP) is 4.89. The highest BCUT2D eigenvalue weighted by molar-refractivity contribution is 7.99. The van der Waals surface area contributed by atoms with Gasteiger partial charge in [-0.15, -0.1) is 0 Å². The number of benzene rings is 1. The average molecular weight is 304 g/mol. The highest BCUT2D eigenvalue weighted by Crippen LogP contribution is 2.29. The molecule has 1 saturated carbocycles. The average Bonchev–Trinajstić information content (AvgIpc) is 2.55. The third-order valence-electron chi connectivity index (χ3n) is 5.37. The summed E-state index contributed by atoms with van der Waals surface area (Å²) in [6, 6.07) is 8.43. The fraction of sp³-hybridized carbons (Fsp3) is 0.684. The van der Waals surface area contributed by atoms with E-state index < -0.39 is 0 Å². The minimum atomic E-state index is 0.494. The molecule has 1 aromatic carbocycles. The van der Waals surface area contributed by atoms with Crippen LogP contribution in [0.1, 0.15) is 68.2 Å². The Kier molecular flexibility index (Phi) is 5.29. The van der Waals surface area contributed by atoms with Crippen molar-refractivity contribution in [1.82, 2.24) is 5.32 Å². The maximum Gasteiger partial charge on any atom is 0.0294 e. The van der Waals surface area contributed by atoms with Crippen molar-refractivity contribution in [2.45, 2.75) is 75.6 Å². The van der Waals surface area contributed by atoms with Gasteiger partial charge in [-0.1, -0.05) is 18.2 Å². The first-order valence-electron chi connectivity index (χ1n) is 8.67. The monoisotopic (exact) mass is 303 g/mol. The largest absolute Gasteiger partial charge is 0.307 e. The van der Waals surface area contributed by atoms with Gasteiger partial charge in [0.1, 0.15) is 0 Å². The quantitative estimate of drug-likeness (QED) is 0.850. The lowest BCUT2D eigenvalue weighted by Gasteiger charge is -2.31. The summed E-state index contributed by atoms with van der Waals surface area (Å²) < 4.78 is 0. The highest BCUT2D eigenvalue weighted by atomic mass is 32.2. The van der Waals surface area contributed by atoms with Crippen LogP contribution in [0.3, 0.4) is 0 Å². The maximum absolute atomic E-state index is 3.88. The molecule has 1 fully saturated rings. The Morgan fingerprint density at radius 2 is 1.76 bits per heavy atom. The fourth-order valence-electron chi connectivity index (χ4n) is 3.94. The van der Waals surface area contributed by atoms with E-state index in [1.165, 1.54) is 56.9 Å². The van der Waals surface area contributed by atoms with Gasteiger partial charge in [0.2, 0.25) is 0 Å². The molecule has 2 aliphatic rings. The SMILES string of the molecule is CSC1CCC(NC(C)c2ccc3c(c2)CCCC3)CC1. The second-order valence-corrected chi connectivity index (χ2v) is 7.97. The van der Waals surface area contributed by atoms with E-state index in [4.69, 9.17) is 0 Å². The van der Waals surface area contributed by atoms with Crippen LogP contribution in [-0.2, 0) is 12.8 Å². The minimum Gasteiger partial charge on any atom is -0.307 e. The standard InChI is InChI=1S/C19H29NS/c1-14(20-18-9-11-19(21-2)12-10-18)16-8-7-15-5-3-4-6-17(15)13-16/h7-8,13-14,18-20H,3-6,9-12H2,1-2H3. The van der Waals surface area contributed by atoms with Crippen molar-refractivity contribution in [1.29, 1.82) is 0 Å². The summed E-state index contributed by atoms with van der Waals surface area (Å²) in [4.78, 5) is 0. The molecular weight excluding hydrogens is 274 g/mol. The number of rotatable bonds is 4. The van der Waals surface area contributed by atoms with E-state index in [-0.39, 0.29) is 0 Å². The van der Waals surface area contributed by atoms with Gasteiger partial charge in [0.15, 0.2) is 0 Å². The van der Waals surface area contributed by atoms with Gasteiger partial charge < -0.3 is 5.32 Å². The molecule has 116 valence electrons. The smallest absolute Gasteiger partial charge is 0.0294 e. The molecule has 0 bridgehead atoms. The molecule has 0 radical (unpaired) electrons. The second-order valence-electron chi connectivity index (χ2n) is 6.83. The summed E-state index contributed by atoms with van der Waals surface area (Å²) in [5.41, 5.74) is 4.69. The molecule has 0 saturated heterocycles. The van der Waals surface area contributed by atoms with Crippen LogP contribution >= 0.6 is 11.8 Å². The van der Waals surface area contributed by atoms with Crippen LogP contribution in [-0.4, -0.2) is 17.5 Å². The molecule has 0 spiro atoms. The van der Waals surface area contributed by atoms with Gasteiger partial charge in [-0.05, 0) is 81.2 Å². The lowest BCUT2D eigenvalue weighted by atomic mass is 9.88. The van der Waals surface area contributed by atoms with Gasteiger partial charge in [-0.25, -0.2) is 0 Å². The Labute approximate surface area is 134 Å². The fourth-order valence-corrected chi connectivity index (χ4v) is 4.68. The van der Waals surface area contributed by atoms with Gasteiger partial charge in [-0.3, -0.25) is 0 Å². The lowest BCUT2D eigenvalue weighted by Crippen LogP contribution is -2.35. The third kappa shape index (κ3) is 3.84. The van der Waals surface area contributed by atoms with Crippen LogP contribution in [0.4, 0.5) is 0 Å². The lowest BCUT2D eigenvalue weighted by molar-refractivity contribution is 0.352. The van der Waals surface area contributed by atoms with Crippen LogP contribution in [0.2, 0.25) is 0 Å². The number of nitrogens with one attached hydrogen (secondary N) is 1. The Balaban J connectivity index is 1.59. The molecule has 21 heavy (non-hydrogen) atoms. The molecule has 1 unspecified atom stereocenters. The molecule has 1 aromatic rings. The van der Waals surface area contributed by atoms with Crippen LogP contribution in [0.15, 0.2) is 18.2 Å². The van der Waals surface area contributed by atoms with Crippen LogP contribution in [0, 0.1) is 0 Å². The van der Waals surface area contributed by atoms with Crippen molar-refractivity contribution in [3.8, 4) is 0 Å². The first-order chi connectivity index (χ1) is 10.3. The zero-order valence-electron chi connectivity index (χ0n) is 13.5. The molecule has 1 atom stereocenters. The van der Waals surface area contributed by atoms with Crippen LogP contribution in [0.5, 0.6) is 0 Å². The molecule has 2 heteroatoms. The molecule has 0 heterocycles. The molecule has 1 N–H and O–H groups in total. The van der Waals surface area contributed by atoms with E-state index in [9.17, 15) is 0 Å². The number of aryl methyl sites for hydroxylation is 2. The summed E-state index contributed by atoms with van der Waals surface area (Å²) in [6.45, 7) is 2.34. The van der Waals surface area contributed by atoms with E-state index in [2.05, 4.69) is 48.5 Å².